The molecule has 1 saturated heterocycles. The van der Waals surface area contributed by atoms with Crippen LogP contribution in [0, 0.1) is 0 Å². The highest BCUT2D eigenvalue weighted by atomic mass is 32.1. The summed E-state index contributed by atoms with van der Waals surface area (Å²) in [4.78, 5) is 0.214. The molecule has 0 aromatic rings. The SMILES string of the molecule is CO[C@]1(C(N)=S)C[C@H](O)[C@@H](NC(C)=S)[C@H]([C@H](O)[C@H](O)CO)O1. The molecule has 1 aliphatic rings. The van der Waals surface area contributed by atoms with Crippen LogP contribution in [0.3, 0.4) is 0 Å². The molecular weight excluding hydrogens is 332 g/mol. The van der Waals surface area contributed by atoms with Crippen LogP contribution in [0.25, 0.3) is 0 Å². The number of methoxy groups -OCH3 is 1. The summed E-state index contributed by atoms with van der Waals surface area (Å²) >= 11 is 9.86. The molecule has 0 aromatic heterocycles. The smallest absolute Gasteiger partial charge is 0.223 e. The van der Waals surface area contributed by atoms with Crippen molar-refractivity contribution >= 4 is 34.4 Å². The van der Waals surface area contributed by atoms with Crippen molar-refractivity contribution < 1.29 is 29.9 Å². The maximum absolute atomic E-state index is 10.4. The predicted octanol–water partition coefficient (Wildman–Crippen LogP) is -2.22. The summed E-state index contributed by atoms with van der Waals surface area (Å²) < 4.78 is 10.9. The summed E-state index contributed by atoms with van der Waals surface area (Å²) in [5.74, 6) is -1.58. The normalized spacial score (nSPS) is 34.7. The van der Waals surface area contributed by atoms with Crippen LogP contribution < -0.4 is 11.1 Å². The van der Waals surface area contributed by atoms with Crippen LogP contribution in [0.1, 0.15) is 13.3 Å². The molecule has 1 aliphatic heterocycles. The van der Waals surface area contributed by atoms with Crippen LogP contribution in [0.2, 0.25) is 0 Å². The molecule has 0 amide bonds. The maximum atomic E-state index is 10.4. The second kappa shape index (κ2) is 7.88. The van der Waals surface area contributed by atoms with Crippen LogP contribution in [0.15, 0.2) is 0 Å². The molecule has 0 bridgehead atoms. The zero-order chi connectivity index (χ0) is 17.1. The first-order valence-corrected chi connectivity index (χ1v) is 7.45. The summed E-state index contributed by atoms with van der Waals surface area (Å²) in [7, 11) is 1.30. The van der Waals surface area contributed by atoms with Crippen molar-refractivity contribution in [1.82, 2.24) is 5.32 Å². The van der Waals surface area contributed by atoms with Crippen LogP contribution in [-0.2, 0) is 9.47 Å². The minimum Gasteiger partial charge on any atom is -0.394 e. The molecule has 0 unspecified atom stereocenters. The summed E-state index contributed by atoms with van der Waals surface area (Å²) in [5, 5.41) is 42.0. The van der Waals surface area contributed by atoms with Gasteiger partial charge in [0.05, 0.1) is 23.7 Å². The van der Waals surface area contributed by atoms with Crippen molar-refractivity contribution in [3.8, 4) is 0 Å². The molecule has 1 fully saturated rings. The van der Waals surface area contributed by atoms with E-state index in [4.69, 9.17) is 44.7 Å². The largest absolute Gasteiger partial charge is 0.394 e. The van der Waals surface area contributed by atoms with E-state index in [0.29, 0.717) is 4.99 Å². The second-order valence-electron chi connectivity index (χ2n) is 5.14. The van der Waals surface area contributed by atoms with Gasteiger partial charge in [-0.1, -0.05) is 24.4 Å². The minimum absolute atomic E-state index is 0.0719. The number of thiocarbonyl (C=S) groups is 2. The van der Waals surface area contributed by atoms with Gasteiger partial charge in [0.1, 0.15) is 23.3 Å². The lowest BCUT2D eigenvalue weighted by atomic mass is 9.88. The fourth-order valence-corrected chi connectivity index (χ4v) is 2.73. The maximum Gasteiger partial charge on any atom is 0.223 e. The molecule has 0 saturated carbocycles. The number of rotatable bonds is 6. The molecule has 10 heteroatoms. The number of hydrogen-bond donors (Lipinski definition) is 6. The molecule has 1 heterocycles. The van der Waals surface area contributed by atoms with E-state index in [1.54, 1.807) is 6.92 Å². The van der Waals surface area contributed by atoms with E-state index in [2.05, 4.69) is 5.32 Å². The van der Waals surface area contributed by atoms with Crippen molar-refractivity contribution in [2.24, 2.45) is 5.73 Å². The van der Waals surface area contributed by atoms with Crippen molar-refractivity contribution in [2.75, 3.05) is 13.7 Å². The van der Waals surface area contributed by atoms with Gasteiger partial charge in [-0.05, 0) is 6.92 Å². The van der Waals surface area contributed by atoms with Crippen LogP contribution in [0.5, 0.6) is 0 Å². The van der Waals surface area contributed by atoms with Gasteiger partial charge < -0.3 is 41.0 Å². The number of nitrogens with one attached hydrogen (secondary N) is 1. The molecule has 7 N–H and O–H groups in total. The van der Waals surface area contributed by atoms with Gasteiger partial charge in [-0.15, -0.1) is 0 Å². The molecule has 0 aromatic carbocycles. The third-order valence-electron chi connectivity index (χ3n) is 3.57. The Balaban J connectivity index is 3.14. The van der Waals surface area contributed by atoms with E-state index in [1.165, 1.54) is 7.11 Å². The third-order valence-corrected chi connectivity index (χ3v) is 3.99. The zero-order valence-electron chi connectivity index (χ0n) is 12.3. The lowest BCUT2D eigenvalue weighted by Gasteiger charge is -2.47. The van der Waals surface area contributed by atoms with Gasteiger partial charge >= 0.3 is 0 Å². The molecule has 8 nitrogen and oxygen atoms in total. The summed E-state index contributed by atoms with van der Waals surface area (Å²) in [6, 6.07) is -0.827. The Bertz CT molecular complexity index is 426. The number of nitrogens with two attached hydrogens (primary N) is 1. The fraction of sp³-hybridized carbons (Fsp3) is 0.833. The molecule has 128 valence electrons. The van der Waals surface area contributed by atoms with Gasteiger partial charge in [0, 0.05) is 13.5 Å². The highest BCUT2D eigenvalue weighted by Gasteiger charge is 2.52. The van der Waals surface area contributed by atoms with E-state index < -0.39 is 42.9 Å². The van der Waals surface area contributed by atoms with E-state index in [9.17, 15) is 15.3 Å². The Hall–Kier alpha value is -0.460. The van der Waals surface area contributed by atoms with Crippen LogP contribution in [0.4, 0.5) is 0 Å². The first-order valence-electron chi connectivity index (χ1n) is 6.63. The van der Waals surface area contributed by atoms with Gasteiger partial charge in [-0.25, -0.2) is 0 Å². The topological polar surface area (TPSA) is 137 Å². The van der Waals surface area contributed by atoms with Crippen molar-refractivity contribution in [2.45, 2.75) is 49.6 Å². The molecule has 22 heavy (non-hydrogen) atoms. The number of aliphatic hydroxyl groups is 4. The Morgan fingerprint density at radius 3 is 2.50 bits per heavy atom. The number of hydrogen-bond acceptors (Lipinski definition) is 8. The summed E-state index contributed by atoms with van der Waals surface area (Å²) in [6.45, 7) is 0.910. The van der Waals surface area contributed by atoms with Gasteiger partial charge in [-0.2, -0.15) is 0 Å². The Morgan fingerprint density at radius 1 is 1.50 bits per heavy atom. The lowest BCUT2D eigenvalue weighted by molar-refractivity contribution is -0.275. The highest BCUT2D eigenvalue weighted by Crippen LogP contribution is 2.33. The fourth-order valence-electron chi connectivity index (χ4n) is 2.38. The van der Waals surface area contributed by atoms with E-state index in [-0.39, 0.29) is 11.4 Å². The van der Waals surface area contributed by atoms with Gasteiger partial charge in [0.2, 0.25) is 5.79 Å². The van der Waals surface area contributed by atoms with Crippen molar-refractivity contribution in [3.05, 3.63) is 0 Å². The van der Waals surface area contributed by atoms with Gasteiger partial charge in [0.15, 0.2) is 0 Å². The lowest BCUT2D eigenvalue weighted by Crippen LogP contribution is -2.68. The quantitative estimate of drug-likeness (QED) is 0.291. The molecule has 0 radical (unpaired) electrons. The third kappa shape index (κ3) is 4.09. The zero-order valence-corrected chi connectivity index (χ0v) is 13.9. The Kier molecular flexibility index (Phi) is 7.02. The van der Waals surface area contributed by atoms with Gasteiger partial charge in [-0.3, -0.25) is 0 Å². The first kappa shape index (κ1) is 19.6. The standard InChI is InChI=1S/C12H22N2O6S2/c1-5(21)14-8-6(16)3-12(19-2,11(13)22)20-10(8)9(18)7(17)4-15/h6-10,15-18H,3-4H2,1-2H3,(H2,13,22)(H,14,21)/t6-,7+,8+,9+,10+,12+/m0/s1. The second-order valence-corrected chi connectivity index (χ2v) is 6.19. The van der Waals surface area contributed by atoms with E-state index in [0.717, 1.165) is 0 Å². The Morgan fingerprint density at radius 2 is 2.09 bits per heavy atom. The van der Waals surface area contributed by atoms with Crippen molar-refractivity contribution in [3.63, 3.8) is 0 Å². The predicted molar refractivity (Wildman–Crippen MR) is 86.3 cm³/mol. The molecular formula is C12H22N2O6S2. The van der Waals surface area contributed by atoms with Crippen LogP contribution in [-0.4, -0.2) is 80.4 Å². The molecule has 1 rings (SSSR count). The summed E-state index contributed by atoms with van der Waals surface area (Å²) in [5.41, 5.74) is 5.62. The summed E-state index contributed by atoms with van der Waals surface area (Å²) in [6.07, 6.45) is -5.30. The van der Waals surface area contributed by atoms with Crippen molar-refractivity contribution in [1.29, 1.82) is 0 Å². The van der Waals surface area contributed by atoms with Gasteiger partial charge in [0.25, 0.3) is 0 Å². The number of ether oxygens (including phenoxy) is 2. The van der Waals surface area contributed by atoms with E-state index in [1.807, 2.05) is 0 Å². The van der Waals surface area contributed by atoms with Crippen LogP contribution >= 0.6 is 24.4 Å². The van der Waals surface area contributed by atoms with E-state index >= 15 is 0 Å². The molecule has 6 atom stereocenters. The average molecular weight is 354 g/mol. The first-order chi connectivity index (χ1) is 10.2. The molecule has 0 aliphatic carbocycles. The molecule has 0 spiro atoms. The monoisotopic (exact) mass is 354 g/mol. The highest BCUT2D eigenvalue weighted by molar-refractivity contribution is 7.80. The Labute approximate surface area is 139 Å². The minimum atomic E-state index is -1.58. The average Bonchev–Trinajstić information content (AvgIpc) is 2.46. The number of aliphatic hydroxyl groups excluding tert-OH is 4.